The molecule has 0 unspecified atom stereocenters. The number of halogens is 1. The lowest BCUT2D eigenvalue weighted by atomic mass is 10.1. The summed E-state index contributed by atoms with van der Waals surface area (Å²) in [7, 11) is -1.44. The Bertz CT molecular complexity index is 729. The predicted octanol–water partition coefficient (Wildman–Crippen LogP) is 3.82. The van der Waals surface area contributed by atoms with E-state index in [2.05, 4.69) is 67.6 Å². The van der Waals surface area contributed by atoms with Crippen LogP contribution in [0.2, 0.25) is 0 Å². The van der Waals surface area contributed by atoms with Crippen LogP contribution >= 0.6 is 0 Å². The van der Waals surface area contributed by atoms with Crippen LogP contribution in [0, 0.1) is 12.7 Å². The van der Waals surface area contributed by atoms with Gasteiger partial charge in [-0.1, -0.05) is 84.0 Å². The lowest BCUT2D eigenvalue weighted by Crippen LogP contribution is -2.46. The van der Waals surface area contributed by atoms with Gasteiger partial charge in [0.1, 0.15) is 14.6 Å². The van der Waals surface area contributed by atoms with Gasteiger partial charge in [-0.3, -0.25) is 0 Å². The molecule has 0 aromatic heterocycles. The van der Waals surface area contributed by atoms with Gasteiger partial charge < -0.3 is 0 Å². The Morgan fingerprint density at radius 2 is 1.30 bits per heavy atom. The maximum absolute atomic E-state index is 13.5. The Hall–Kier alpha value is -2.19. The van der Waals surface area contributed by atoms with Crippen molar-refractivity contribution in [1.82, 2.24) is 0 Å². The number of aryl methyl sites for hydroxylation is 1. The van der Waals surface area contributed by atoms with Crippen LogP contribution < -0.4 is 10.4 Å². The van der Waals surface area contributed by atoms with Gasteiger partial charge in [-0.2, -0.15) is 0 Å². The summed E-state index contributed by atoms with van der Waals surface area (Å²) < 4.78 is 13.5. The number of rotatable bonds is 4. The van der Waals surface area contributed by atoms with Gasteiger partial charge in [-0.25, -0.2) is 4.39 Å². The van der Waals surface area contributed by atoms with Crippen LogP contribution in [0.5, 0.6) is 0 Å². The third-order valence-electron chi connectivity index (χ3n) is 4.54. The molecule has 0 heterocycles. The van der Waals surface area contributed by atoms with E-state index >= 15 is 0 Å². The van der Waals surface area contributed by atoms with Gasteiger partial charge in [-0.15, -0.1) is 0 Å². The molecule has 0 aliphatic carbocycles. The number of hydrogen-bond acceptors (Lipinski definition) is 0. The first-order valence-electron chi connectivity index (χ1n) is 8.03. The van der Waals surface area contributed by atoms with Gasteiger partial charge in [0.25, 0.3) is 0 Å². The zero-order valence-electron chi connectivity index (χ0n) is 13.5. The molecule has 116 valence electrons. The van der Waals surface area contributed by atoms with Crippen LogP contribution in [0.4, 0.5) is 4.39 Å². The standard InChI is InChI=1S/C21H21FSi/c1-16-15-18(22)13-14-21(16)17(2)23(19-9-5-3-6-10-19)20-11-7-4-8-12-20/h3-15,17,23H,1-2H3/t17-/m1/s1. The molecule has 0 aliphatic heterocycles. The van der Waals surface area contributed by atoms with E-state index in [1.807, 2.05) is 13.0 Å². The minimum Gasteiger partial charge on any atom is -0.207 e. The van der Waals surface area contributed by atoms with Gasteiger partial charge in [-0.05, 0) is 35.7 Å². The summed E-state index contributed by atoms with van der Waals surface area (Å²) in [5.74, 6) is -0.156. The Balaban J connectivity index is 2.08. The highest BCUT2D eigenvalue weighted by Gasteiger charge is 2.25. The summed E-state index contributed by atoms with van der Waals surface area (Å²) in [5, 5.41) is 2.85. The summed E-state index contributed by atoms with van der Waals surface area (Å²) in [6, 6.07) is 26.7. The molecule has 1 atom stereocenters. The molecule has 0 amide bonds. The molecule has 0 N–H and O–H groups in total. The highest BCUT2D eigenvalue weighted by Crippen LogP contribution is 2.23. The summed E-state index contributed by atoms with van der Waals surface area (Å²) in [6.07, 6.45) is 0. The van der Waals surface area contributed by atoms with Gasteiger partial charge in [0.15, 0.2) is 0 Å². The molecule has 0 bridgehead atoms. The fraction of sp³-hybridized carbons (Fsp3) is 0.143. The van der Waals surface area contributed by atoms with E-state index in [1.165, 1.54) is 15.9 Å². The van der Waals surface area contributed by atoms with Crippen LogP contribution in [-0.2, 0) is 0 Å². The molecule has 0 saturated carbocycles. The van der Waals surface area contributed by atoms with E-state index in [0.29, 0.717) is 5.54 Å². The molecule has 0 fully saturated rings. The van der Waals surface area contributed by atoms with E-state index in [1.54, 1.807) is 12.1 Å². The Labute approximate surface area is 139 Å². The first kappa shape index (κ1) is 15.7. The first-order chi connectivity index (χ1) is 11.2. The normalized spacial score (nSPS) is 12.3. The van der Waals surface area contributed by atoms with Crippen LogP contribution in [0.1, 0.15) is 23.6 Å². The first-order valence-corrected chi connectivity index (χ1v) is 9.85. The van der Waals surface area contributed by atoms with E-state index in [9.17, 15) is 4.39 Å². The smallest absolute Gasteiger partial charge is 0.123 e. The van der Waals surface area contributed by atoms with E-state index < -0.39 is 8.80 Å². The maximum atomic E-state index is 13.5. The SMILES string of the molecule is Cc1cc(F)ccc1[C@@H](C)[SiH](c1ccccc1)c1ccccc1. The average Bonchev–Trinajstić information content (AvgIpc) is 2.57. The lowest BCUT2D eigenvalue weighted by Gasteiger charge is -2.25. The molecule has 0 saturated heterocycles. The van der Waals surface area contributed by atoms with E-state index in [4.69, 9.17) is 0 Å². The minimum atomic E-state index is -1.44. The Kier molecular flexibility index (Phi) is 4.72. The predicted molar refractivity (Wildman–Crippen MR) is 98.9 cm³/mol. The van der Waals surface area contributed by atoms with Gasteiger partial charge in [0, 0.05) is 0 Å². The maximum Gasteiger partial charge on any atom is 0.123 e. The van der Waals surface area contributed by atoms with Gasteiger partial charge >= 0.3 is 0 Å². The molecule has 0 radical (unpaired) electrons. The van der Waals surface area contributed by atoms with Crippen molar-refractivity contribution in [3.05, 3.63) is 95.8 Å². The average molecular weight is 320 g/mol. The Morgan fingerprint density at radius 1 is 0.783 bits per heavy atom. The lowest BCUT2D eigenvalue weighted by molar-refractivity contribution is 0.625. The topological polar surface area (TPSA) is 0 Å². The quantitative estimate of drug-likeness (QED) is 0.641. The van der Waals surface area contributed by atoms with Crippen molar-refractivity contribution < 1.29 is 4.39 Å². The van der Waals surface area contributed by atoms with E-state index in [0.717, 1.165) is 5.56 Å². The second-order valence-corrected chi connectivity index (χ2v) is 9.38. The summed E-state index contributed by atoms with van der Waals surface area (Å²) in [6.45, 7) is 4.30. The molecule has 0 aliphatic rings. The van der Waals surface area contributed by atoms with Crippen LogP contribution in [0.25, 0.3) is 0 Å². The third-order valence-corrected chi connectivity index (χ3v) is 8.11. The molecule has 0 nitrogen and oxygen atoms in total. The zero-order valence-corrected chi connectivity index (χ0v) is 14.7. The molecule has 3 aromatic rings. The minimum absolute atomic E-state index is 0.156. The second kappa shape index (κ2) is 6.92. The molecule has 2 heteroatoms. The molecular weight excluding hydrogens is 299 g/mol. The van der Waals surface area contributed by atoms with E-state index in [-0.39, 0.29) is 5.82 Å². The van der Waals surface area contributed by atoms with Crippen molar-refractivity contribution in [3.8, 4) is 0 Å². The highest BCUT2D eigenvalue weighted by atomic mass is 28.3. The van der Waals surface area contributed by atoms with Crippen molar-refractivity contribution >= 4 is 19.2 Å². The largest absolute Gasteiger partial charge is 0.207 e. The number of benzene rings is 3. The molecule has 3 rings (SSSR count). The van der Waals surface area contributed by atoms with Crippen molar-refractivity contribution in [1.29, 1.82) is 0 Å². The molecule has 0 spiro atoms. The highest BCUT2D eigenvalue weighted by molar-refractivity contribution is 6.86. The molecule has 3 aromatic carbocycles. The second-order valence-electron chi connectivity index (χ2n) is 6.09. The van der Waals surface area contributed by atoms with Crippen molar-refractivity contribution in [2.75, 3.05) is 0 Å². The monoisotopic (exact) mass is 320 g/mol. The van der Waals surface area contributed by atoms with Crippen molar-refractivity contribution in [2.45, 2.75) is 19.4 Å². The summed E-state index contributed by atoms with van der Waals surface area (Å²) in [5.41, 5.74) is 2.71. The van der Waals surface area contributed by atoms with Crippen molar-refractivity contribution in [3.63, 3.8) is 0 Å². The van der Waals surface area contributed by atoms with Crippen molar-refractivity contribution in [2.24, 2.45) is 0 Å². The van der Waals surface area contributed by atoms with Gasteiger partial charge in [0.2, 0.25) is 0 Å². The molecular formula is C21H21FSi. The fourth-order valence-corrected chi connectivity index (χ4v) is 6.97. The Morgan fingerprint density at radius 3 is 1.78 bits per heavy atom. The summed E-state index contributed by atoms with van der Waals surface area (Å²) in [4.78, 5) is 0. The van der Waals surface area contributed by atoms with Crippen LogP contribution in [0.3, 0.4) is 0 Å². The third kappa shape index (κ3) is 3.43. The summed E-state index contributed by atoms with van der Waals surface area (Å²) >= 11 is 0. The molecule has 23 heavy (non-hydrogen) atoms. The van der Waals surface area contributed by atoms with Crippen LogP contribution in [0.15, 0.2) is 78.9 Å². The van der Waals surface area contributed by atoms with Crippen LogP contribution in [-0.4, -0.2) is 8.80 Å². The zero-order chi connectivity index (χ0) is 16.2. The number of hydrogen-bond donors (Lipinski definition) is 0. The van der Waals surface area contributed by atoms with Gasteiger partial charge in [0.05, 0.1) is 0 Å². The fourth-order valence-electron chi connectivity index (χ4n) is 3.42.